The molecule has 15 heteroatoms. The molecular formula is C29H26F4N4O6S. The van der Waals surface area contributed by atoms with Gasteiger partial charge in [-0.2, -0.15) is 17.5 Å². The summed E-state index contributed by atoms with van der Waals surface area (Å²) < 4.78 is 95.5. The van der Waals surface area contributed by atoms with Gasteiger partial charge in [0.2, 0.25) is 15.8 Å². The lowest BCUT2D eigenvalue weighted by Gasteiger charge is -2.41. The van der Waals surface area contributed by atoms with Crippen LogP contribution in [0.3, 0.4) is 0 Å². The van der Waals surface area contributed by atoms with Crippen molar-refractivity contribution in [2.45, 2.75) is 49.4 Å². The minimum absolute atomic E-state index is 0.0252. The number of aliphatic carboxylic acids is 1. The highest BCUT2D eigenvalue weighted by atomic mass is 32.2. The van der Waals surface area contributed by atoms with Crippen LogP contribution in [0.2, 0.25) is 0 Å². The Kier molecular flexibility index (Phi) is 7.17. The largest absolute Gasteiger partial charge is 0.481 e. The van der Waals surface area contributed by atoms with Gasteiger partial charge in [0.1, 0.15) is 16.5 Å². The first-order valence-electron chi connectivity index (χ1n) is 13.5. The van der Waals surface area contributed by atoms with E-state index in [2.05, 4.69) is 10.2 Å². The van der Waals surface area contributed by atoms with Crippen LogP contribution >= 0.6 is 0 Å². The van der Waals surface area contributed by atoms with Crippen LogP contribution in [0.4, 0.5) is 17.6 Å². The Morgan fingerprint density at radius 2 is 1.86 bits per heavy atom. The summed E-state index contributed by atoms with van der Waals surface area (Å²) in [6.45, 7) is 3.38. The Morgan fingerprint density at radius 1 is 1.11 bits per heavy atom. The Bertz CT molecular complexity index is 1910. The highest BCUT2D eigenvalue weighted by Crippen LogP contribution is 2.40. The van der Waals surface area contributed by atoms with Crippen molar-refractivity contribution in [1.29, 1.82) is 0 Å². The van der Waals surface area contributed by atoms with Crippen molar-refractivity contribution >= 4 is 21.6 Å². The van der Waals surface area contributed by atoms with Gasteiger partial charge >= 0.3 is 12.1 Å². The van der Waals surface area contributed by atoms with E-state index in [-0.39, 0.29) is 42.6 Å². The first-order chi connectivity index (χ1) is 20.7. The highest BCUT2D eigenvalue weighted by molar-refractivity contribution is 7.89. The van der Waals surface area contributed by atoms with Gasteiger partial charge in [-0.3, -0.25) is 9.20 Å². The fraction of sp³-hybridized carbons (Fsp3) is 0.345. The molecule has 4 aromatic rings. The number of benzene rings is 2. The number of hydrogen-bond acceptors (Lipinski definition) is 7. The number of hydrogen-bond donors (Lipinski definition) is 1. The molecule has 0 unspecified atom stereocenters. The van der Waals surface area contributed by atoms with Crippen LogP contribution in [0.25, 0.3) is 5.65 Å². The number of sulfonamides is 1. The smallest absolute Gasteiger partial charge is 0.452 e. The molecule has 10 nitrogen and oxygen atoms in total. The fourth-order valence-electron chi connectivity index (χ4n) is 5.72. The summed E-state index contributed by atoms with van der Waals surface area (Å²) in [6, 6.07) is 9.84. The second kappa shape index (κ2) is 10.5. The minimum atomic E-state index is -4.74. The molecule has 0 saturated carbocycles. The molecule has 1 N–H and O–H groups in total. The lowest BCUT2D eigenvalue weighted by Crippen LogP contribution is -2.60. The van der Waals surface area contributed by atoms with E-state index in [1.54, 1.807) is 32.0 Å². The summed E-state index contributed by atoms with van der Waals surface area (Å²) in [5.41, 5.74) is 1.49. The van der Waals surface area contributed by atoms with Crippen molar-refractivity contribution in [2.24, 2.45) is 0 Å². The molecule has 0 aliphatic carbocycles. The number of halogens is 4. The lowest BCUT2D eigenvalue weighted by molar-refractivity contribution is -0.165. The number of fused-ring (bicyclic) bond motifs is 2. The van der Waals surface area contributed by atoms with Gasteiger partial charge in [-0.1, -0.05) is 18.2 Å². The van der Waals surface area contributed by atoms with Crippen LogP contribution in [-0.4, -0.2) is 63.8 Å². The van der Waals surface area contributed by atoms with Crippen LogP contribution < -0.4 is 4.74 Å². The Balaban J connectivity index is 1.41. The Morgan fingerprint density at radius 3 is 2.52 bits per heavy atom. The average Bonchev–Trinajstić information content (AvgIpc) is 3.34. The molecule has 0 bridgehead atoms. The molecule has 1 atom stereocenters. The molecular weight excluding hydrogens is 608 g/mol. The molecule has 2 aliphatic rings. The Labute approximate surface area is 248 Å². The number of carboxylic acids is 1. The third-order valence-corrected chi connectivity index (χ3v) is 9.86. The van der Waals surface area contributed by atoms with Gasteiger partial charge in [0, 0.05) is 18.7 Å². The molecule has 0 amide bonds. The number of carbonyl (C=O) groups is 1. The van der Waals surface area contributed by atoms with Crippen molar-refractivity contribution < 1.29 is 45.4 Å². The maximum Gasteiger partial charge on any atom is 0.452 e. The summed E-state index contributed by atoms with van der Waals surface area (Å²) in [5.74, 6) is -3.88. The van der Waals surface area contributed by atoms with Crippen molar-refractivity contribution in [2.75, 3.05) is 19.8 Å². The van der Waals surface area contributed by atoms with Crippen molar-refractivity contribution in [3.63, 3.8) is 0 Å². The van der Waals surface area contributed by atoms with Crippen molar-refractivity contribution in [3.05, 3.63) is 88.1 Å². The predicted molar refractivity (Wildman–Crippen MR) is 146 cm³/mol. The number of aromatic nitrogens is 3. The number of alkyl halides is 3. The second-order valence-corrected chi connectivity index (χ2v) is 13.0. The molecule has 4 heterocycles. The summed E-state index contributed by atoms with van der Waals surface area (Å²) in [6.07, 6.45) is -3.98. The lowest BCUT2D eigenvalue weighted by atomic mass is 9.85. The van der Waals surface area contributed by atoms with Crippen molar-refractivity contribution in [3.8, 4) is 5.75 Å². The third-order valence-electron chi connectivity index (χ3n) is 8.04. The number of aryl methyl sites for hydroxylation is 2. The van der Waals surface area contributed by atoms with E-state index in [1.165, 1.54) is 16.4 Å². The topological polar surface area (TPSA) is 123 Å². The third kappa shape index (κ3) is 5.18. The number of pyridine rings is 1. The van der Waals surface area contributed by atoms with E-state index in [9.17, 15) is 35.9 Å². The summed E-state index contributed by atoms with van der Waals surface area (Å²) >= 11 is 0. The van der Waals surface area contributed by atoms with Gasteiger partial charge in [0.05, 0.1) is 26.2 Å². The second-order valence-electron chi connectivity index (χ2n) is 11.1. The van der Waals surface area contributed by atoms with Crippen LogP contribution in [0.1, 0.15) is 46.0 Å². The van der Waals surface area contributed by atoms with Gasteiger partial charge in [-0.15, -0.1) is 10.2 Å². The number of ether oxygens (including phenoxy) is 2. The quantitative estimate of drug-likeness (QED) is 0.309. The minimum Gasteiger partial charge on any atom is -0.481 e. The average molecular weight is 635 g/mol. The number of carboxylic acid groups (broad SMARTS) is 1. The molecule has 1 spiro atoms. The van der Waals surface area contributed by atoms with Gasteiger partial charge in [-0.05, 0) is 65.9 Å². The molecule has 2 aliphatic heterocycles. The first kappa shape index (κ1) is 30.0. The molecule has 44 heavy (non-hydrogen) atoms. The Hall–Kier alpha value is -4.08. The number of nitrogens with zero attached hydrogens (tertiary/aromatic N) is 4. The van der Waals surface area contributed by atoms with Crippen LogP contribution in [-0.2, 0) is 32.3 Å². The molecule has 2 aromatic heterocycles. The van der Waals surface area contributed by atoms with Gasteiger partial charge in [0.25, 0.3) is 0 Å². The molecule has 232 valence electrons. The number of rotatable bonds is 6. The molecule has 1 saturated heterocycles. The monoisotopic (exact) mass is 634 g/mol. The van der Waals surface area contributed by atoms with E-state index in [1.807, 2.05) is 0 Å². The zero-order valence-corrected chi connectivity index (χ0v) is 24.2. The van der Waals surface area contributed by atoms with E-state index in [4.69, 9.17) is 9.47 Å². The predicted octanol–water partition coefficient (Wildman–Crippen LogP) is 4.46. The zero-order valence-electron chi connectivity index (χ0n) is 23.4. The highest BCUT2D eigenvalue weighted by Gasteiger charge is 2.49. The van der Waals surface area contributed by atoms with Crippen LogP contribution in [0.5, 0.6) is 5.75 Å². The molecule has 0 radical (unpaired) electrons. The van der Waals surface area contributed by atoms with E-state index in [0.717, 1.165) is 22.7 Å². The molecule has 2 aromatic carbocycles. The SMILES string of the molecule is Cc1ccc([C@H](CC(=O)O)c2ccn3c(C(F)(F)F)nnc3c2C)cc1CN1CC2(COC2)Oc2ccc(F)cc2S1(=O)=O. The maximum absolute atomic E-state index is 14.2. The van der Waals surface area contributed by atoms with Crippen molar-refractivity contribution in [1.82, 2.24) is 18.9 Å². The van der Waals surface area contributed by atoms with E-state index in [0.29, 0.717) is 27.8 Å². The van der Waals surface area contributed by atoms with Crippen LogP contribution in [0, 0.1) is 19.7 Å². The summed E-state index contributed by atoms with van der Waals surface area (Å²) in [7, 11) is -4.24. The van der Waals surface area contributed by atoms with Crippen LogP contribution in [0.15, 0.2) is 53.6 Å². The van der Waals surface area contributed by atoms with Gasteiger partial charge in [-0.25, -0.2) is 12.8 Å². The summed E-state index contributed by atoms with van der Waals surface area (Å²) in [5, 5.41) is 16.8. The van der Waals surface area contributed by atoms with E-state index < -0.39 is 51.8 Å². The van der Waals surface area contributed by atoms with Gasteiger partial charge < -0.3 is 14.6 Å². The zero-order chi connectivity index (χ0) is 31.6. The fourth-order valence-corrected chi connectivity index (χ4v) is 7.34. The standard InChI is InChI=1S/C29H26F4N4O6S/c1-16-3-4-18(22(11-25(38)39)21-7-8-37-26(17(21)2)34-35-27(37)29(31,32)33)9-19(16)12-36-13-28(14-42-15-28)43-23-6-5-20(30)10-24(23)44(36,40)41/h3-10,22H,11-15H2,1-2H3,(H,38,39)/t22-/m0/s1. The first-order valence-corrected chi connectivity index (χ1v) is 14.9. The van der Waals surface area contributed by atoms with E-state index >= 15 is 0 Å². The molecule has 1 fully saturated rings. The normalized spacial score (nSPS) is 18.3. The molecule has 6 rings (SSSR count). The maximum atomic E-state index is 14.2. The summed E-state index contributed by atoms with van der Waals surface area (Å²) in [4.78, 5) is 11.7. The van der Waals surface area contributed by atoms with Gasteiger partial charge in [0.15, 0.2) is 11.2 Å².